The second-order valence-corrected chi connectivity index (χ2v) is 5.02. The van der Waals surface area contributed by atoms with E-state index < -0.39 is 0 Å². The molecule has 6 heteroatoms. The minimum atomic E-state index is -0.244. The zero-order chi connectivity index (χ0) is 14.9. The van der Waals surface area contributed by atoms with Crippen molar-refractivity contribution in [2.75, 3.05) is 0 Å². The molecule has 0 aliphatic heterocycles. The molecule has 2 aromatic heterocycles. The SMILES string of the molecule is Fc1ccc(Cn2cc(-n3ncc4ccccc43)nn2)cc1. The standard InChI is InChI=1S/C16H12FN5/c17-14-7-5-12(6-8-14)10-21-11-16(19-20-21)22-15-4-2-1-3-13(15)9-18-22/h1-9,11H,10H2. The minimum absolute atomic E-state index is 0.244. The van der Waals surface area contributed by atoms with Gasteiger partial charge in [-0.25, -0.2) is 13.8 Å². The summed E-state index contributed by atoms with van der Waals surface area (Å²) in [6.07, 6.45) is 3.62. The molecular formula is C16H12FN5. The van der Waals surface area contributed by atoms with E-state index in [1.165, 1.54) is 12.1 Å². The minimum Gasteiger partial charge on any atom is -0.246 e. The fourth-order valence-corrected chi connectivity index (χ4v) is 2.39. The van der Waals surface area contributed by atoms with Crippen LogP contribution in [0.15, 0.2) is 60.9 Å². The zero-order valence-corrected chi connectivity index (χ0v) is 11.6. The molecule has 22 heavy (non-hydrogen) atoms. The Morgan fingerprint density at radius 2 is 1.82 bits per heavy atom. The molecule has 2 aromatic carbocycles. The molecule has 4 rings (SSSR count). The van der Waals surface area contributed by atoms with Crippen LogP contribution in [0.4, 0.5) is 4.39 Å². The van der Waals surface area contributed by atoms with Crippen molar-refractivity contribution in [3.8, 4) is 5.82 Å². The van der Waals surface area contributed by atoms with Crippen molar-refractivity contribution in [1.82, 2.24) is 24.8 Å². The molecular weight excluding hydrogens is 281 g/mol. The van der Waals surface area contributed by atoms with Gasteiger partial charge in [-0.05, 0) is 23.8 Å². The lowest BCUT2D eigenvalue weighted by atomic mass is 10.2. The van der Waals surface area contributed by atoms with Crippen LogP contribution < -0.4 is 0 Å². The quantitative estimate of drug-likeness (QED) is 0.583. The van der Waals surface area contributed by atoms with Gasteiger partial charge in [0.15, 0.2) is 5.82 Å². The van der Waals surface area contributed by atoms with Gasteiger partial charge in [0.1, 0.15) is 5.82 Å². The van der Waals surface area contributed by atoms with E-state index in [1.54, 1.807) is 27.7 Å². The van der Waals surface area contributed by atoms with Crippen molar-refractivity contribution < 1.29 is 4.39 Å². The fraction of sp³-hybridized carbons (Fsp3) is 0.0625. The summed E-state index contributed by atoms with van der Waals surface area (Å²) >= 11 is 0. The van der Waals surface area contributed by atoms with Gasteiger partial charge in [-0.2, -0.15) is 5.10 Å². The highest BCUT2D eigenvalue weighted by atomic mass is 19.1. The van der Waals surface area contributed by atoms with Gasteiger partial charge in [0.25, 0.3) is 0 Å². The fourth-order valence-electron chi connectivity index (χ4n) is 2.39. The molecule has 0 bridgehead atoms. The molecule has 4 aromatic rings. The van der Waals surface area contributed by atoms with Crippen molar-refractivity contribution in [3.63, 3.8) is 0 Å². The molecule has 108 valence electrons. The van der Waals surface area contributed by atoms with Crippen LogP contribution in [-0.4, -0.2) is 24.8 Å². The van der Waals surface area contributed by atoms with Gasteiger partial charge in [0, 0.05) is 5.39 Å². The largest absolute Gasteiger partial charge is 0.246 e. The molecule has 0 spiro atoms. The maximum absolute atomic E-state index is 12.9. The van der Waals surface area contributed by atoms with Crippen LogP contribution in [0.1, 0.15) is 5.56 Å². The smallest absolute Gasteiger partial charge is 0.196 e. The molecule has 0 radical (unpaired) electrons. The Hall–Kier alpha value is -3.02. The average molecular weight is 293 g/mol. The topological polar surface area (TPSA) is 48.5 Å². The number of benzene rings is 2. The van der Waals surface area contributed by atoms with Crippen molar-refractivity contribution in [2.45, 2.75) is 6.54 Å². The van der Waals surface area contributed by atoms with Gasteiger partial charge in [0.2, 0.25) is 0 Å². The summed E-state index contributed by atoms with van der Waals surface area (Å²) in [4.78, 5) is 0. The molecule has 0 aliphatic carbocycles. The number of fused-ring (bicyclic) bond motifs is 1. The van der Waals surface area contributed by atoms with Gasteiger partial charge in [-0.1, -0.05) is 35.5 Å². The average Bonchev–Trinajstić information content (AvgIpc) is 3.16. The van der Waals surface area contributed by atoms with E-state index in [2.05, 4.69) is 15.4 Å². The number of aromatic nitrogens is 5. The van der Waals surface area contributed by atoms with Crippen LogP contribution >= 0.6 is 0 Å². The Morgan fingerprint density at radius 3 is 2.68 bits per heavy atom. The number of halogens is 1. The maximum Gasteiger partial charge on any atom is 0.196 e. The summed E-state index contributed by atoms with van der Waals surface area (Å²) in [7, 11) is 0. The molecule has 0 atom stereocenters. The third-order valence-electron chi connectivity index (χ3n) is 3.48. The van der Waals surface area contributed by atoms with Crippen LogP contribution in [0, 0.1) is 5.82 Å². The maximum atomic E-state index is 12.9. The molecule has 0 fully saturated rings. The Balaban J connectivity index is 1.65. The highest BCUT2D eigenvalue weighted by Gasteiger charge is 2.08. The number of para-hydroxylation sites is 1. The lowest BCUT2D eigenvalue weighted by Gasteiger charge is -2.00. The van der Waals surface area contributed by atoms with Gasteiger partial charge >= 0.3 is 0 Å². The summed E-state index contributed by atoms with van der Waals surface area (Å²) in [5.41, 5.74) is 1.94. The first-order chi connectivity index (χ1) is 10.8. The van der Waals surface area contributed by atoms with Crippen molar-refractivity contribution in [2.24, 2.45) is 0 Å². The predicted molar refractivity (Wildman–Crippen MR) is 80.2 cm³/mol. The number of nitrogens with zero attached hydrogens (tertiary/aromatic N) is 5. The van der Waals surface area contributed by atoms with E-state index >= 15 is 0 Å². The third kappa shape index (κ3) is 2.24. The van der Waals surface area contributed by atoms with E-state index in [9.17, 15) is 4.39 Å². The Labute approximate surface area is 125 Å². The summed E-state index contributed by atoms with van der Waals surface area (Å²) < 4.78 is 16.4. The van der Waals surface area contributed by atoms with Crippen molar-refractivity contribution in [3.05, 3.63) is 72.3 Å². The Bertz CT molecular complexity index is 923. The first-order valence-electron chi connectivity index (χ1n) is 6.87. The first kappa shape index (κ1) is 12.7. The van der Waals surface area contributed by atoms with Gasteiger partial charge < -0.3 is 0 Å². The van der Waals surface area contributed by atoms with E-state index in [4.69, 9.17) is 0 Å². The van der Waals surface area contributed by atoms with Gasteiger partial charge in [-0.15, -0.1) is 5.10 Å². The molecule has 0 saturated carbocycles. The number of hydrogen-bond donors (Lipinski definition) is 0. The molecule has 0 N–H and O–H groups in total. The van der Waals surface area contributed by atoms with Crippen LogP contribution in [-0.2, 0) is 6.54 Å². The van der Waals surface area contributed by atoms with Crippen LogP contribution in [0.2, 0.25) is 0 Å². The lowest BCUT2D eigenvalue weighted by molar-refractivity contribution is 0.621. The van der Waals surface area contributed by atoms with E-state index in [-0.39, 0.29) is 5.82 Å². The first-order valence-corrected chi connectivity index (χ1v) is 6.87. The molecule has 0 amide bonds. The van der Waals surface area contributed by atoms with E-state index in [1.807, 2.05) is 30.5 Å². The predicted octanol–water partition coefficient (Wildman–Crippen LogP) is 2.80. The Kier molecular flexibility index (Phi) is 2.93. The Morgan fingerprint density at radius 1 is 1.00 bits per heavy atom. The van der Waals surface area contributed by atoms with E-state index in [0.29, 0.717) is 12.4 Å². The molecule has 0 unspecified atom stereocenters. The van der Waals surface area contributed by atoms with Crippen molar-refractivity contribution in [1.29, 1.82) is 0 Å². The third-order valence-corrected chi connectivity index (χ3v) is 3.48. The second kappa shape index (κ2) is 5.07. The molecule has 0 saturated heterocycles. The van der Waals surface area contributed by atoms with Crippen LogP contribution in [0.5, 0.6) is 0 Å². The highest BCUT2D eigenvalue weighted by Crippen LogP contribution is 2.16. The van der Waals surface area contributed by atoms with Gasteiger partial charge in [0.05, 0.1) is 24.5 Å². The van der Waals surface area contributed by atoms with Crippen LogP contribution in [0.3, 0.4) is 0 Å². The molecule has 2 heterocycles. The van der Waals surface area contributed by atoms with E-state index in [0.717, 1.165) is 16.5 Å². The molecule has 5 nitrogen and oxygen atoms in total. The van der Waals surface area contributed by atoms with Crippen molar-refractivity contribution >= 4 is 10.9 Å². The van der Waals surface area contributed by atoms with Gasteiger partial charge in [-0.3, -0.25) is 0 Å². The molecule has 0 aliphatic rings. The zero-order valence-electron chi connectivity index (χ0n) is 11.6. The summed E-state index contributed by atoms with van der Waals surface area (Å²) in [5.74, 6) is 0.411. The highest BCUT2D eigenvalue weighted by molar-refractivity contribution is 5.79. The summed E-state index contributed by atoms with van der Waals surface area (Å²) in [6, 6.07) is 14.3. The lowest BCUT2D eigenvalue weighted by Crippen LogP contribution is -2.00. The number of rotatable bonds is 3. The normalized spacial score (nSPS) is 11.1. The second-order valence-electron chi connectivity index (χ2n) is 5.02. The summed E-state index contributed by atoms with van der Waals surface area (Å²) in [5, 5.41) is 13.7. The monoisotopic (exact) mass is 293 g/mol. The van der Waals surface area contributed by atoms with Crippen LogP contribution in [0.25, 0.3) is 16.7 Å². The number of hydrogen-bond acceptors (Lipinski definition) is 3. The summed E-state index contributed by atoms with van der Waals surface area (Å²) in [6.45, 7) is 0.534.